The fraction of sp³-hybridized carbons (Fsp3) is 0.818. The Morgan fingerprint density at radius 3 is 2.35 bits per heavy atom. The summed E-state index contributed by atoms with van der Waals surface area (Å²) in [6.07, 6.45) is -0.0467. The number of hydrogen-bond donors (Lipinski definition) is 2. The summed E-state index contributed by atoms with van der Waals surface area (Å²) in [4.78, 5) is 22.7. The highest BCUT2D eigenvalue weighted by Gasteiger charge is 2.37. The van der Waals surface area contributed by atoms with Gasteiger partial charge in [-0.3, -0.25) is 4.79 Å². The molecule has 0 unspecified atom stereocenters. The van der Waals surface area contributed by atoms with Crippen molar-refractivity contribution < 1.29 is 29.3 Å². The van der Waals surface area contributed by atoms with Crippen LogP contribution in [0.3, 0.4) is 0 Å². The fourth-order valence-electron chi connectivity index (χ4n) is 1.35. The Balaban J connectivity index is 2.75. The molecule has 0 aromatic rings. The number of esters is 2. The van der Waals surface area contributed by atoms with Gasteiger partial charge in [-0.2, -0.15) is 0 Å². The van der Waals surface area contributed by atoms with Gasteiger partial charge in [-0.1, -0.05) is 13.8 Å². The lowest BCUT2D eigenvalue weighted by Crippen LogP contribution is -2.41. The molecule has 1 aliphatic heterocycles. The molecule has 0 aliphatic carbocycles. The Kier molecular flexibility index (Phi) is 4.11. The quantitative estimate of drug-likeness (QED) is 0.460. The third kappa shape index (κ3) is 4.32. The smallest absolute Gasteiger partial charge is 0.366 e. The lowest BCUT2D eigenvalue weighted by molar-refractivity contribution is -0.214. The lowest BCUT2D eigenvalue weighted by Gasteiger charge is -2.25. The van der Waals surface area contributed by atoms with Gasteiger partial charge in [0.15, 0.2) is 0 Å². The summed E-state index contributed by atoms with van der Waals surface area (Å²) in [7, 11) is 0. The molecular weight excluding hydrogens is 228 g/mol. The molecule has 0 bridgehead atoms. The number of aliphatic hydroxyl groups is 2. The number of cyclic esters (lactones) is 2. The molecule has 1 saturated heterocycles. The van der Waals surface area contributed by atoms with Crippen molar-refractivity contribution in [2.45, 2.75) is 38.9 Å². The summed E-state index contributed by atoms with van der Waals surface area (Å²) in [6.45, 7) is 3.59. The van der Waals surface area contributed by atoms with Crippen molar-refractivity contribution in [1.29, 1.82) is 0 Å². The van der Waals surface area contributed by atoms with Crippen LogP contribution in [0.4, 0.5) is 0 Å². The molecule has 1 aliphatic rings. The van der Waals surface area contributed by atoms with Crippen LogP contribution < -0.4 is 0 Å². The number of carbonyl (C=O) groups excluding carboxylic acids is 2. The molecule has 0 amide bonds. The van der Waals surface area contributed by atoms with Crippen LogP contribution >= 0.6 is 0 Å². The SMILES string of the molecule is CC1(C)COC(=O)CCCC(O)(O)C(=O)OC1. The Hall–Kier alpha value is -1.14. The third-order valence-corrected chi connectivity index (χ3v) is 2.45. The van der Waals surface area contributed by atoms with Crippen molar-refractivity contribution in [3.8, 4) is 0 Å². The third-order valence-electron chi connectivity index (χ3n) is 2.45. The highest BCUT2D eigenvalue weighted by molar-refractivity contribution is 5.77. The average Bonchev–Trinajstić information content (AvgIpc) is 2.23. The van der Waals surface area contributed by atoms with E-state index in [1.165, 1.54) is 0 Å². The van der Waals surface area contributed by atoms with Crippen molar-refractivity contribution >= 4 is 11.9 Å². The number of ether oxygens (including phenoxy) is 2. The van der Waals surface area contributed by atoms with Gasteiger partial charge in [-0.15, -0.1) is 0 Å². The van der Waals surface area contributed by atoms with Crippen molar-refractivity contribution in [2.24, 2.45) is 5.41 Å². The molecule has 0 spiro atoms. The zero-order chi connectivity index (χ0) is 13.1. The first-order chi connectivity index (χ1) is 7.73. The predicted octanol–water partition coefficient (Wildman–Crippen LogP) is -0.0362. The molecule has 2 N–H and O–H groups in total. The van der Waals surface area contributed by atoms with Gasteiger partial charge in [-0.25, -0.2) is 4.79 Å². The van der Waals surface area contributed by atoms with E-state index in [2.05, 4.69) is 0 Å². The first-order valence-corrected chi connectivity index (χ1v) is 5.51. The average molecular weight is 246 g/mol. The van der Waals surface area contributed by atoms with Crippen LogP contribution in [0.25, 0.3) is 0 Å². The van der Waals surface area contributed by atoms with E-state index in [1.807, 2.05) is 0 Å². The monoisotopic (exact) mass is 246 g/mol. The van der Waals surface area contributed by atoms with Crippen molar-refractivity contribution in [1.82, 2.24) is 0 Å². The summed E-state index contributed by atoms with van der Waals surface area (Å²) < 4.78 is 9.81. The van der Waals surface area contributed by atoms with Crippen LogP contribution in [0.15, 0.2) is 0 Å². The van der Waals surface area contributed by atoms with Gasteiger partial charge >= 0.3 is 11.9 Å². The summed E-state index contributed by atoms with van der Waals surface area (Å²) in [6, 6.07) is 0. The van der Waals surface area contributed by atoms with E-state index >= 15 is 0 Å². The summed E-state index contributed by atoms with van der Waals surface area (Å²) in [5.74, 6) is -4.02. The summed E-state index contributed by atoms with van der Waals surface area (Å²) in [5.41, 5.74) is -0.550. The maximum absolute atomic E-state index is 11.4. The molecule has 0 aromatic carbocycles. The van der Waals surface area contributed by atoms with Gasteiger partial charge in [0.05, 0.1) is 13.2 Å². The Bertz CT molecular complexity index is 307. The second-order valence-corrected chi connectivity index (χ2v) is 5.07. The first kappa shape index (κ1) is 13.9. The van der Waals surface area contributed by atoms with E-state index in [9.17, 15) is 19.8 Å². The molecule has 17 heavy (non-hydrogen) atoms. The minimum atomic E-state index is -2.53. The fourth-order valence-corrected chi connectivity index (χ4v) is 1.35. The first-order valence-electron chi connectivity index (χ1n) is 5.51. The zero-order valence-electron chi connectivity index (χ0n) is 10.1. The lowest BCUT2D eigenvalue weighted by atomic mass is 9.96. The highest BCUT2D eigenvalue weighted by Crippen LogP contribution is 2.21. The Morgan fingerprint density at radius 1 is 1.12 bits per heavy atom. The molecule has 0 radical (unpaired) electrons. The molecule has 0 aromatic heterocycles. The normalized spacial score (nSPS) is 25.4. The van der Waals surface area contributed by atoms with Gasteiger partial charge < -0.3 is 19.7 Å². The molecule has 0 saturated carbocycles. The van der Waals surface area contributed by atoms with E-state index in [0.29, 0.717) is 0 Å². The second kappa shape index (κ2) is 5.01. The molecule has 98 valence electrons. The van der Waals surface area contributed by atoms with Crippen LogP contribution in [0.2, 0.25) is 0 Å². The van der Waals surface area contributed by atoms with Crippen molar-refractivity contribution in [3.63, 3.8) is 0 Å². The van der Waals surface area contributed by atoms with E-state index in [4.69, 9.17) is 9.47 Å². The van der Waals surface area contributed by atoms with Crippen LogP contribution in [-0.4, -0.2) is 41.2 Å². The minimum Gasteiger partial charge on any atom is -0.465 e. The van der Waals surface area contributed by atoms with Crippen LogP contribution in [0.1, 0.15) is 33.1 Å². The molecule has 6 nitrogen and oxygen atoms in total. The molecule has 0 atom stereocenters. The highest BCUT2D eigenvalue weighted by atomic mass is 16.6. The maximum Gasteiger partial charge on any atom is 0.366 e. The number of carbonyl (C=O) groups is 2. The maximum atomic E-state index is 11.4. The van der Waals surface area contributed by atoms with Gasteiger partial charge in [0, 0.05) is 18.3 Å². The molecule has 1 fully saturated rings. The van der Waals surface area contributed by atoms with Gasteiger partial charge in [-0.05, 0) is 6.42 Å². The summed E-state index contributed by atoms with van der Waals surface area (Å²) in [5, 5.41) is 18.9. The largest absolute Gasteiger partial charge is 0.465 e. The van der Waals surface area contributed by atoms with Crippen LogP contribution in [0, 0.1) is 5.41 Å². The topological polar surface area (TPSA) is 93.1 Å². The standard InChI is InChI=1S/C11H18O6/c1-10(2)6-16-8(12)4-3-5-11(14,15)9(13)17-7-10/h14-15H,3-7H2,1-2H3. The number of rotatable bonds is 0. The number of hydrogen-bond acceptors (Lipinski definition) is 6. The molecule has 1 rings (SSSR count). The van der Waals surface area contributed by atoms with Crippen molar-refractivity contribution in [3.05, 3.63) is 0 Å². The zero-order valence-corrected chi connectivity index (χ0v) is 10.1. The van der Waals surface area contributed by atoms with Gasteiger partial charge in [0.25, 0.3) is 5.79 Å². The van der Waals surface area contributed by atoms with Crippen LogP contribution in [-0.2, 0) is 19.1 Å². The second-order valence-electron chi connectivity index (χ2n) is 5.07. The molecular formula is C11H18O6. The van der Waals surface area contributed by atoms with E-state index in [1.54, 1.807) is 13.8 Å². The molecule has 1 heterocycles. The van der Waals surface area contributed by atoms with E-state index in [-0.39, 0.29) is 32.5 Å². The van der Waals surface area contributed by atoms with Crippen LogP contribution in [0.5, 0.6) is 0 Å². The van der Waals surface area contributed by atoms with Gasteiger partial charge in [0.2, 0.25) is 0 Å². The summed E-state index contributed by atoms with van der Waals surface area (Å²) >= 11 is 0. The Labute approximate surface area is 99.5 Å². The minimum absolute atomic E-state index is 0.0397. The van der Waals surface area contributed by atoms with E-state index in [0.717, 1.165) is 0 Å². The Morgan fingerprint density at radius 2 is 1.71 bits per heavy atom. The van der Waals surface area contributed by atoms with Crippen molar-refractivity contribution in [2.75, 3.05) is 13.2 Å². The van der Waals surface area contributed by atoms with Gasteiger partial charge in [0.1, 0.15) is 0 Å². The predicted molar refractivity (Wildman–Crippen MR) is 56.7 cm³/mol. The van der Waals surface area contributed by atoms with E-state index < -0.39 is 23.1 Å². The molecule has 6 heteroatoms.